The molecule has 0 bridgehead atoms. The van der Waals surface area contributed by atoms with Crippen LogP contribution in [0.5, 0.6) is 0 Å². The average Bonchev–Trinajstić information content (AvgIpc) is 3.14. The zero-order valence-corrected chi connectivity index (χ0v) is 19.0. The number of hydrogen-bond donors (Lipinski definition) is 0. The summed E-state index contributed by atoms with van der Waals surface area (Å²) in [4.78, 5) is 20.1. The molecular formula is C21H29N3O4S2. The minimum absolute atomic E-state index is 0.154. The SMILES string of the molecule is C[C@@H]1CN(C(=O)c2cccc(S(=O)(=O)N3CCOCC3)c2)C(=NC2CCCCC2)S1. The number of nitrogens with zero attached hydrogens (tertiary/aromatic N) is 3. The highest BCUT2D eigenvalue weighted by molar-refractivity contribution is 8.14. The molecule has 4 rings (SSSR count). The molecule has 0 radical (unpaired) electrons. The third kappa shape index (κ3) is 4.74. The number of amidine groups is 1. The Labute approximate surface area is 182 Å². The highest BCUT2D eigenvalue weighted by Gasteiger charge is 2.33. The molecule has 2 saturated heterocycles. The molecule has 30 heavy (non-hydrogen) atoms. The monoisotopic (exact) mass is 451 g/mol. The van der Waals surface area contributed by atoms with Crippen LogP contribution in [0.25, 0.3) is 0 Å². The summed E-state index contributed by atoms with van der Waals surface area (Å²) in [6.07, 6.45) is 5.80. The van der Waals surface area contributed by atoms with Crippen molar-refractivity contribution in [3.8, 4) is 0 Å². The maximum Gasteiger partial charge on any atom is 0.259 e. The van der Waals surface area contributed by atoms with E-state index in [9.17, 15) is 13.2 Å². The lowest BCUT2D eigenvalue weighted by molar-refractivity contribution is 0.0730. The van der Waals surface area contributed by atoms with E-state index in [0.717, 1.165) is 18.0 Å². The fourth-order valence-electron chi connectivity index (χ4n) is 4.13. The van der Waals surface area contributed by atoms with Gasteiger partial charge in [0.15, 0.2) is 5.17 Å². The number of benzene rings is 1. The number of amides is 1. The van der Waals surface area contributed by atoms with Gasteiger partial charge in [-0.2, -0.15) is 4.31 Å². The van der Waals surface area contributed by atoms with E-state index in [4.69, 9.17) is 9.73 Å². The predicted molar refractivity (Wildman–Crippen MR) is 118 cm³/mol. The summed E-state index contributed by atoms with van der Waals surface area (Å²) in [6, 6.07) is 6.67. The number of hydrogen-bond acceptors (Lipinski definition) is 6. The number of sulfonamides is 1. The third-order valence-electron chi connectivity index (χ3n) is 5.78. The number of carbonyl (C=O) groups is 1. The number of carbonyl (C=O) groups excluding carboxylic acids is 1. The lowest BCUT2D eigenvalue weighted by Gasteiger charge is -2.26. The van der Waals surface area contributed by atoms with E-state index in [2.05, 4.69) is 6.92 Å². The summed E-state index contributed by atoms with van der Waals surface area (Å²) >= 11 is 1.64. The van der Waals surface area contributed by atoms with Crippen molar-refractivity contribution >= 4 is 32.9 Å². The zero-order chi connectivity index (χ0) is 21.1. The van der Waals surface area contributed by atoms with Gasteiger partial charge in [0.1, 0.15) is 0 Å². The minimum Gasteiger partial charge on any atom is -0.379 e. The van der Waals surface area contributed by atoms with Crippen LogP contribution in [0.1, 0.15) is 49.4 Å². The van der Waals surface area contributed by atoms with Crippen LogP contribution in [0.2, 0.25) is 0 Å². The molecule has 1 amide bonds. The van der Waals surface area contributed by atoms with Crippen molar-refractivity contribution in [3.63, 3.8) is 0 Å². The molecule has 0 spiro atoms. The van der Waals surface area contributed by atoms with Gasteiger partial charge in [-0.3, -0.25) is 14.7 Å². The number of aliphatic imine (C=N–C) groups is 1. The summed E-state index contributed by atoms with van der Waals surface area (Å²) in [5.41, 5.74) is 0.385. The Bertz CT molecular complexity index is 907. The Morgan fingerprint density at radius 3 is 2.63 bits per heavy atom. The van der Waals surface area contributed by atoms with Gasteiger partial charge in [-0.1, -0.05) is 44.0 Å². The molecule has 0 unspecified atom stereocenters. The first-order chi connectivity index (χ1) is 14.4. The van der Waals surface area contributed by atoms with Crippen LogP contribution >= 0.6 is 11.8 Å². The zero-order valence-electron chi connectivity index (χ0n) is 17.3. The molecule has 1 aliphatic carbocycles. The predicted octanol–water partition coefficient (Wildman–Crippen LogP) is 2.97. The first kappa shape index (κ1) is 21.8. The molecule has 1 saturated carbocycles. The average molecular weight is 452 g/mol. The Balaban J connectivity index is 1.56. The van der Waals surface area contributed by atoms with Crippen molar-refractivity contribution in [3.05, 3.63) is 29.8 Å². The molecule has 1 aromatic rings. The minimum atomic E-state index is -3.64. The number of rotatable bonds is 4. The molecule has 3 aliphatic rings. The van der Waals surface area contributed by atoms with Crippen LogP contribution in [0.15, 0.2) is 34.2 Å². The molecule has 1 aromatic carbocycles. The summed E-state index contributed by atoms with van der Waals surface area (Å²) in [5.74, 6) is -0.180. The van der Waals surface area contributed by atoms with Crippen LogP contribution in [0.4, 0.5) is 0 Å². The van der Waals surface area contributed by atoms with E-state index in [-0.39, 0.29) is 22.1 Å². The van der Waals surface area contributed by atoms with Crippen molar-refractivity contribution in [1.82, 2.24) is 9.21 Å². The quantitative estimate of drug-likeness (QED) is 0.703. The van der Waals surface area contributed by atoms with E-state index in [0.29, 0.717) is 38.4 Å². The fraction of sp³-hybridized carbons (Fsp3) is 0.619. The first-order valence-corrected chi connectivity index (χ1v) is 13.0. The molecule has 9 heteroatoms. The molecular weight excluding hydrogens is 422 g/mol. The second-order valence-corrected chi connectivity index (χ2v) is 11.4. The maximum absolute atomic E-state index is 13.3. The first-order valence-electron chi connectivity index (χ1n) is 10.7. The summed E-state index contributed by atoms with van der Waals surface area (Å²) in [7, 11) is -3.64. The van der Waals surface area contributed by atoms with Crippen molar-refractivity contribution in [2.24, 2.45) is 4.99 Å². The van der Waals surface area contributed by atoms with Gasteiger partial charge in [0.05, 0.1) is 24.2 Å². The maximum atomic E-state index is 13.3. The largest absolute Gasteiger partial charge is 0.379 e. The molecule has 7 nitrogen and oxygen atoms in total. The number of ether oxygens (including phenoxy) is 1. The molecule has 0 N–H and O–H groups in total. The van der Waals surface area contributed by atoms with Crippen LogP contribution < -0.4 is 0 Å². The molecule has 2 heterocycles. The van der Waals surface area contributed by atoms with Gasteiger partial charge in [0.2, 0.25) is 10.0 Å². The molecule has 3 fully saturated rings. The molecule has 0 aromatic heterocycles. The van der Waals surface area contributed by atoms with E-state index in [1.807, 2.05) is 0 Å². The van der Waals surface area contributed by atoms with Crippen LogP contribution in [0.3, 0.4) is 0 Å². The van der Waals surface area contributed by atoms with E-state index < -0.39 is 10.0 Å². The molecule has 2 aliphatic heterocycles. The standard InChI is InChI=1S/C21H29N3O4S2/c1-16-15-24(21(29-16)22-18-7-3-2-4-8-18)20(25)17-6-5-9-19(14-17)30(26,27)23-10-12-28-13-11-23/h5-6,9,14,16,18H,2-4,7-8,10-13,15H2,1H3/t16-/m1/s1. The van der Waals surface area contributed by atoms with Crippen molar-refractivity contribution in [2.45, 2.75) is 55.2 Å². The fourth-order valence-corrected chi connectivity index (χ4v) is 6.67. The summed E-state index contributed by atoms with van der Waals surface area (Å²) < 4.78 is 32.6. The Hall–Kier alpha value is -1.42. The second kappa shape index (κ2) is 9.38. The second-order valence-electron chi connectivity index (χ2n) is 8.09. The van der Waals surface area contributed by atoms with Crippen molar-refractivity contribution < 1.29 is 17.9 Å². The van der Waals surface area contributed by atoms with Gasteiger partial charge in [-0.05, 0) is 31.0 Å². The van der Waals surface area contributed by atoms with Gasteiger partial charge in [-0.15, -0.1) is 0 Å². The number of morpholine rings is 1. The lowest BCUT2D eigenvalue weighted by Crippen LogP contribution is -2.40. The van der Waals surface area contributed by atoms with Gasteiger partial charge in [0, 0.05) is 30.4 Å². The van der Waals surface area contributed by atoms with Crippen molar-refractivity contribution in [2.75, 3.05) is 32.8 Å². The molecule has 164 valence electrons. The van der Waals surface area contributed by atoms with Crippen LogP contribution in [-0.4, -0.2) is 72.8 Å². The summed E-state index contributed by atoms with van der Waals surface area (Å²) in [6.45, 7) is 4.13. The lowest BCUT2D eigenvalue weighted by atomic mass is 9.96. The smallest absolute Gasteiger partial charge is 0.259 e. The van der Waals surface area contributed by atoms with Gasteiger partial charge >= 0.3 is 0 Å². The van der Waals surface area contributed by atoms with Gasteiger partial charge in [0.25, 0.3) is 5.91 Å². The Morgan fingerprint density at radius 1 is 1.17 bits per heavy atom. The topological polar surface area (TPSA) is 79.3 Å². The highest BCUT2D eigenvalue weighted by Crippen LogP contribution is 2.30. The van der Waals surface area contributed by atoms with E-state index in [1.165, 1.54) is 29.6 Å². The third-order valence-corrected chi connectivity index (χ3v) is 8.76. The van der Waals surface area contributed by atoms with E-state index >= 15 is 0 Å². The van der Waals surface area contributed by atoms with Gasteiger partial charge < -0.3 is 4.74 Å². The molecule has 1 atom stereocenters. The van der Waals surface area contributed by atoms with E-state index in [1.54, 1.807) is 34.9 Å². The highest BCUT2D eigenvalue weighted by atomic mass is 32.2. The summed E-state index contributed by atoms with van der Waals surface area (Å²) in [5, 5.41) is 1.05. The normalized spacial score (nSPS) is 25.7. The Morgan fingerprint density at radius 2 is 1.90 bits per heavy atom. The van der Waals surface area contributed by atoms with Crippen LogP contribution in [0, 0.1) is 0 Å². The number of thioether (sulfide) groups is 1. The van der Waals surface area contributed by atoms with Crippen LogP contribution in [-0.2, 0) is 14.8 Å². The van der Waals surface area contributed by atoms with Gasteiger partial charge in [-0.25, -0.2) is 8.42 Å². The van der Waals surface area contributed by atoms with Crippen molar-refractivity contribution in [1.29, 1.82) is 0 Å². The Kier molecular flexibility index (Phi) is 6.81.